The second-order valence-corrected chi connectivity index (χ2v) is 8.16. The number of hydrogen-bond donors (Lipinski definition) is 4. The van der Waals surface area contributed by atoms with E-state index in [2.05, 4.69) is 22.6 Å². The molecule has 2 rings (SSSR count). The van der Waals surface area contributed by atoms with Gasteiger partial charge in [0.2, 0.25) is 0 Å². The molecule has 0 radical (unpaired) electrons. The number of Topliss-reactive ketones (excluding diaryl/α,β-unsaturated/α-hetero) is 1. The van der Waals surface area contributed by atoms with E-state index in [-0.39, 0.29) is 27.2 Å². The van der Waals surface area contributed by atoms with Gasteiger partial charge in [-0.2, -0.15) is 0 Å². The average Bonchev–Trinajstić information content (AvgIpc) is 2.75. The van der Waals surface area contributed by atoms with E-state index in [9.17, 15) is 15.2 Å². The summed E-state index contributed by atoms with van der Waals surface area (Å²) >= 11 is 3.89. The molecule has 0 aromatic heterocycles. The fourth-order valence-electron chi connectivity index (χ4n) is 2.82. The summed E-state index contributed by atoms with van der Waals surface area (Å²) in [4.78, 5) is 13.4. The van der Waals surface area contributed by atoms with Gasteiger partial charge in [-0.25, -0.2) is 10.4 Å². The van der Waals surface area contributed by atoms with Gasteiger partial charge in [0, 0.05) is 18.1 Å². The molecular formula is C11H21IN3O3S+. The van der Waals surface area contributed by atoms with E-state index in [1.807, 2.05) is 0 Å². The van der Waals surface area contributed by atoms with Crippen LogP contribution in [-0.2, 0) is 4.79 Å². The molecule has 6 atom stereocenters. The smallest absolute Gasteiger partial charge is 0.190 e. The molecule has 6 nitrogen and oxygen atoms in total. The Hall–Kier alpha value is 0.550. The van der Waals surface area contributed by atoms with Gasteiger partial charge in [-0.15, -0.1) is 0 Å². The zero-order valence-corrected chi connectivity index (χ0v) is 13.7. The number of halogens is 1. The van der Waals surface area contributed by atoms with Crippen LogP contribution in [0.3, 0.4) is 0 Å². The van der Waals surface area contributed by atoms with Crippen molar-refractivity contribution in [2.75, 3.05) is 18.8 Å². The van der Waals surface area contributed by atoms with Crippen molar-refractivity contribution in [3.05, 3.63) is 5.21 Å². The number of carbonyl (C=O) groups excluding carboxylic acids is 1. The van der Waals surface area contributed by atoms with Crippen molar-refractivity contribution in [2.24, 2.45) is 11.7 Å². The number of carbonyl (C=O) groups is 1. The first-order valence-corrected chi connectivity index (χ1v) is 8.90. The quantitative estimate of drug-likeness (QED) is 0.252. The molecule has 1 aliphatic heterocycles. The molecule has 6 unspecified atom stereocenters. The molecule has 5 N–H and O–H groups in total. The lowest BCUT2D eigenvalue weighted by atomic mass is 9.83. The number of ketones is 1. The first-order chi connectivity index (χ1) is 8.99. The first kappa shape index (κ1) is 15.9. The number of hydroxylamine groups is 2. The SMILES string of the molecule is NC1SCC[NH+]1CC(=O)C1CCC(I)C([NH+]([O-])O)C1. The number of nitrogens with one attached hydrogen (secondary N) is 2. The molecule has 1 heterocycles. The molecular weight excluding hydrogens is 381 g/mol. The van der Waals surface area contributed by atoms with Crippen LogP contribution >= 0.6 is 34.4 Å². The van der Waals surface area contributed by atoms with Crippen LogP contribution in [-0.4, -0.2) is 45.3 Å². The first-order valence-electron chi connectivity index (χ1n) is 6.60. The zero-order chi connectivity index (χ0) is 14.0. The minimum atomic E-state index is -0.766. The normalized spacial score (nSPS) is 41.2. The molecule has 2 aliphatic rings. The predicted octanol–water partition coefficient (Wildman–Crippen LogP) is -1.83. The predicted molar refractivity (Wildman–Crippen MR) is 81.2 cm³/mol. The third kappa shape index (κ3) is 4.02. The average molecular weight is 402 g/mol. The van der Waals surface area contributed by atoms with Gasteiger partial charge in [-0.05, 0) is 12.8 Å². The molecule has 1 aliphatic carbocycles. The summed E-state index contributed by atoms with van der Waals surface area (Å²) in [5.74, 6) is 1.11. The Morgan fingerprint density at radius 3 is 2.89 bits per heavy atom. The maximum atomic E-state index is 12.3. The van der Waals surface area contributed by atoms with Gasteiger partial charge in [0.1, 0.15) is 12.6 Å². The number of rotatable bonds is 4. The van der Waals surface area contributed by atoms with Crippen LogP contribution in [0.2, 0.25) is 0 Å². The summed E-state index contributed by atoms with van der Waals surface area (Å²) in [7, 11) is 0. The lowest BCUT2D eigenvalue weighted by Crippen LogP contribution is -3.16. The number of thioether (sulfide) groups is 1. The highest BCUT2D eigenvalue weighted by Crippen LogP contribution is 2.28. The Labute approximate surface area is 130 Å². The Kier molecular flexibility index (Phi) is 5.88. The number of hydrogen-bond acceptors (Lipinski definition) is 5. The minimum Gasteiger partial charge on any atom is -0.600 e. The van der Waals surface area contributed by atoms with E-state index >= 15 is 0 Å². The number of alkyl halides is 1. The Morgan fingerprint density at radius 1 is 1.58 bits per heavy atom. The van der Waals surface area contributed by atoms with E-state index in [0.29, 0.717) is 13.0 Å². The third-order valence-electron chi connectivity index (χ3n) is 4.06. The number of quaternary nitrogens is 2. The standard InChI is InChI=1S/C11H20IN3O3S/c12-8-2-1-7(5-9(8)15(17)18)10(16)6-14-3-4-19-11(14)13/h7-9,11,15,17H,1-6,13H2/p+1. The maximum Gasteiger partial charge on any atom is 0.190 e. The molecule has 0 amide bonds. The minimum absolute atomic E-state index is 0.000125. The molecule has 0 bridgehead atoms. The lowest BCUT2D eigenvalue weighted by Gasteiger charge is -2.35. The summed E-state index contributed by atoms with van der Waals surface area (Å²) in [5, 5.41) is 19.6. The van der Waals surface area contributed by atoms with Crippen molar-refractivity contribution in [2.45, 2.75) is 34.7 Å². The van der Waals surface area contributed by atoms with Crippen molar-refractivity contribution in [3.8, 4) is 0 Å². The van der Waals surface area contributed by atoms with Crippen LogP contribution in [0, 0.1) is 11.1 Å². The van der Waals surface area contributed by atoms with Crippen molar-refractivity contribution in [1.82, 2.24) is 0 Å². The van der Waals surface area contributed by atoms with E-state index < -0.39 is 5.23 Å². The number of nitrogens with two attached hydrogens (primary N) is 1. The van der Waals surface area contributed by atoms with Crippen LogP contribution < -0.4 is 15.9 Å². The van der Waals surface area contributed by atoms with Gasteiger partial charge in [-0.1, -0.05) is 34.4 Å². The van der Waals surface area contributed by atoms with E-state index in [1.165, 1.54) is 0 Å². The molecule has 19 heavy (non-hydrogen) atoms. The van der Waals surface area contributed by atoms with Crippen LogP contribution in [0.1, 0.15) is 19.3 Å². The molecule has 0 spiro atoms. The Bertz CT molecular complexity index is 334. The second kappa shape index (κ2) is 7.01. The van der Waals surface area contributed by atoms with E-state index in [4.69, 9.17) is 5.73 Å². The highest BCUT2D eigenvalue weighted by Gasteiger charge is 2.38. The van der Waals surface area contributed by atoms with Crippen molar-refractivity contribution < 1.29 is 20.1 Å². The van der Waals surface area contributed by atoms with Gasteiger partial charge in [0.05, 0.1) is 10.5 Å². The highest BCUT2D eigenvalue weighted by molar-refractivity contribution is 14.1. The summed E-state index contributed by atoms with van der Waals surface area (Å²) in [6, 6.07) is -0.375. The largest absolute Gasteiger partial charge is 0.600 e. The van der Waals surface area contributed by atoms with Crippen molar-refractivity contribution in [3.63, 3.8) is 0 Å². The molecule has 0 aromatic carbocycles. The van der Waals surface area contributed by atoms with E-state index in [0.717, 1.165) is 30.0 Å². The summed E-state index contributed by atoms with van der Waals surface area (Å²) in [5.41, 5.74) is 5.93. The summed E-state index contributed by atoms with van der Waals surface area (Å²) in [6.07, 6.45) is 2.15. The van der Waals surface area contributed by atoms with Gasteiger partial charge >= 0.3 is 0 Å². The second-order valence-electron chi connectivity index (χ2n) is 5.31. The lowest BCUT2D eigenvalue weighted by molar-refractivity contribution is -1.07. The molecule has 2 fully saturated rings. The van der Waals surface area contributed by atoms with Gasteiger partial charge in [-0.3, -0.25) is 10.5 Å². The van der Waals surface area contributed by atoms with Crippen LogP contribution in [0.4, 0.5) is 0 Å². The van der Waals surface area contributed by atoms with Crippen LogP contribution in [0.15, 0.2) is 0 Å². The highest BCUT2D eigenvalue weighted by atomic mass is 127. The van der Waals surface area contributed by atoms with Gasteiger partial charge in [0.25, 0.3) is 0 Å². The molecule has 8 heteroatoms. The summed E-state index contributed by atoms with van der Waals surface area (Å²) in [6.45, 7) is 1.39. The monoisotopic (exact) mass is 402 g/mol. The summed E-state index contributed by atoms with van der Waals surface area (Å²) < 4.78 is 0.149. The van der Waals surface area contributed by atoms with Gasteiger partial charge in [0.15, 0.2) is 11.3 Å². The van der Waals surface area contributed by atoms with Crippen LogP contribution in [0.25, 0.3) is 0 Å². The third-order valence-corrected chi connectivity index (χ3v) is 6.69. The molecule has 0 aromatic rings. The Morgan fingerprint density at radius 2 is 2.32 bits per heavy atom. The van der Waals surface area contributed by atoms with Crippen molar-refractivity contribution >= 4 is 40.1 Å². The van der Waals surface area contributed by atoms with Gasteiger partial charge < -0.3 is 10.1 Å². The van der Waals surface area contributed by atoms with Crippen LogP contribution in [0.5, 0.6) is 0 Å². The molecule has 1 saturated carbocycles. The fraction of sp³-hybridized carbons (Fsp3) is 0.909. The molecule has 110 valence electrons. The van der Waals surface area contributed by atoms with Crippen molar-refractivity contribution in [1.29, 1.82) is 0 Å². The maximum absolute atomic E-state index is 12.3. The molecule has 1 saturated heterocycles. The van der Waals surface area contributed by atoms with E-state index in [1.54, 1.807) is 11.8 Å². The topological polar surface area (TPSA) is 95.3 Å². The fourth-order valence-corrected chi connectivity index (χ4v) is 4.85. The zero-order valence-electron chi connectivity index (χ0n) is 10.7. The Balaban J connectivity index is 1.88.